The van der Waals surface area contributed by atoms with E-state index in [9.17, 15) is 4.79 Å². The summed E-state index contributed by atoms with van der Waals surface area (Å²) in [4.78, 5) is 17.3. The van der Waals surface area contributed by atoms with Gasteiger partial charge in [-0.3, -0.25) is 9.69 Å². The standard InChI is InChI=1S/C27H29ClN2O3/c1-20-6-11-25(28)26(16-20)33-19-21-7-9-23(10-8-21)27(31)30-14-12-29(13-15-30)18-22-4-3-5-24(17-22)32-2/h3-11,16-17H,12-15,18-19H2,1-2H3. The summed E-state index contributed by atoms with van der Waals surface area (Å²) in [5, 5.41) is 0.595. The van der Waals surface area contributed by atoms with Gasteiger partial charge in [0.25, 0.3) is 5.91 Å². The number of hydrogen-bond acceptors (Lipinski definition) is 4. The molecule has 3 aromatic carbocycles. The Bertz CT molecular complexity index is 1090. The molecular formula is C27H29ClN2O3. The lowest BCUT2D eigenvalue weighted by Crippen LogP contribution is -2.48. The molecule has 0 radical (unpaired) electrons. The Hall–Kier alpha value is -3.02. The average Bonchev–Trinajstić information content (AvgIpc) is 2.85. The average molecular weight is 465 g/mol. The smallest absolute Gasteiger partial charge is 0.253 e. The quantitative estimate of drug-likeness (QED) is 0.482. The summed E-state index contributed by atoms with van der Waals surface area (Å²) in [7, 11) is 1.68. The number of benzene rings is 3. The van der Waals surface area contributed by atoms with E-state index < -0.39 is 0 Å². The second-order valence-corrected chi connectivity index (χ2v) is 8.75. The van der Waals surface area contributed by atoms with Gasteiger partial charge in [-0.15, -0.1) is 0 Å². The molecule has 6 heteroatoms. The van der Waals surface area contributed by atoms with Gasteiger partial charge in [0.2, 0.25) is 0 Å². The molecule has 1 aliphatic heterocycles. The van der Waals surface area contributed by atoms with Crippen LogP contribution in [0.15, 0.2) is 66.7 Å². The van der Waals surface area contributed by atoms with Crippen molar-refractivity contribution in [2.75, 3.05) is 33.3 Å². The molecule has 33 heavy (non-hydrogen) atoms. The minimum absolute atomic E-state index is 0.0743. The molecule has 1 fully saturated rings. The van der Waals surface area contributed by atoms with Gasteiger partial charge in [0.1, 0.15) is 18.1 Å². The van der Waals surface area contributed by atoms with E-state index in [1.807, 2.05) is 66.4 Å². The number of carbonyl (C=O) groups is 1. The predicted molar refractivity (Wildman–Crippen MR) is 131 cm³/mol. The number of carbonyl (C=O) groups excluding carboxylic acids is 1. The number of nitrogens with zero attached hydrogens (tertiary/aromatic N) is 2. The molecule has 1 saturated heterocycles. The monoisotopic (exact) mass is 464 g/mol. The van der Waals surface area contributed by atoms with Gasteiger partial charge in [0.05, 0.1) is 12.1 Å². The van der Waals surface area contributed by atoms with Crippen LogP contribution in [0.25, 0.3) is 0 Å². The van der Waals surface area contributed by atoms with Gasteiger partial charge in [0, 0.05) is 38.3 Å². The Balaban J connectivity index is 1.28. The summed E-state index contributed by atoms with van der Waals surface area (Å²) in [6, 6.07) is 21.5. The number of piperazine rings is 1. The summed E-state index contributed by atoms with van der Waals surface area (Å²) in [6.07, 6.45) is 0. The van der Waals surface area contributed by atoms with Crippen LogP contribution in [0.3, 0.4) is 0 Å². The fourth-order valence-corrected chi connectivity index (χ4v) is 4.12. The van der Waals surface area contributed by atoms with Crippen molar-refractivity contribution in [3.8, 4) is 11.5 Å². The maximum Gasteiger partial charge on any atom is 0.253 e. The first-order valence-corrected chi connectivity index (χ1v) is 11.5. The SMILES string of the molecule is COc1cccc(CN2CCN(C(=O)c3ccc(COc4cc(C)ccc4Cl)cc3)CC2)c1. The third kappa shape index (κ3) is 6.06. The van der Waals surface area contributed by atoms with E-state index in [4.69, 9.17) is 21.1 Å². The Labute approximate surface area is 200 Å². The van der Waals surface area contributed by atoms with Gasteiger partial charge in [-0.25, -0.2) is 0 Å². The van der Waals surface area contributed by atoms with Crippen LogP contribution in [0.4, 0.5) is 0 Å². The van der Waals surface area contributed by atoms with Crippen LogP contribution < -0.4 is 9.47 Å². The van der Waals surface area contributed by atoms with E-state index in [0.717, 1.165) is 49.6 Å². The molecule has 4 rings (SSSR count). The lowest BCUT2D eigenvalue weighted by atomic mass is 10.1. The first-order valence-electron chi connectivity index (χ1n) is 11.1. The number of rotatable bonds is 7. The van der Waals surface area contributed by atoms with Crippen LogP contribution in [0.5, 0.6) is 11.5 Å². The fraction of sp³-hybridized carbons (Fsp3) is 0.296. The highest BCUT2D eigenvalue weighted by Gasteiger charge is 2.22. The van der Waals surface area contributed by atoms with Crippen molar-refractivity contribution in [1.29, 1.82) is 0 Å². The van der Waals surface area contributed by atoms with Gasteiger partial charge in [-0.1, -0.05) is 41.9 Å². The molecule has 1 amide bonds. The number of aryl methyl sites for hydroxylation is 1. The number of halogens is 1. The maximum absolute atomic E-state index is 13.0. The molecule has 0 N–H and O–H groups in total. The summed E-state index contributed by atoms with van der Waals surface area (Å²) in [5.41, 5.74) is 4.01. The molecule has 0 saturated carbocycles. The van der Waals surface area contributed by atoms with Gasteiger partial charge in [-0.05, 0) is 60.0 Å². The van der Waals surface area contributed by atoms with E-state index >= 15 is 0 Å². The molecule has 5 nitrogen and oxygen atoms in total. The van der Waals surface area contributed by atoms with Crippen molar-refractivity contribution in [3.63, 3.8) is 0 Å². The molecule has 0 atom stereocenters. The molecule has 0 aliphatic carbocycles. The van der Waals surface area contributed by atoms with Crippen LogP contribution in [0.1, 0.15) is 27.0 Å². The van der Waals surface area contributed by atoms with Crippen LogP contribution in [0, 0.1) is 6.92 Å². The van der Waals surface area contributed by atoms with Gasteiger partial charge in [0.15, 0.2) is 0 Å². The highest BCUT2D eigenvalue weighted by Crippen LogP contribution is 2.26. The topological polar surface area (TPSA) is 42.0 Å². The lowest BCUT2D eigenvalue weighted by molar-refractivity contribution is 0.0628. The summed E-state index contributed by atoms with van der Waals surface area (Å²) >= 11 is 6.20. The Morgan fingerprint density at radius 2 is 1.70 bits per heavy atom. The molecular weight excluding hydrogens is 436 g/mol. The van der Waals surface area contributed by atoms with Crippen LogP contribution in [-0.2, 0) is 13.2 Å². The van der Waals surface area contributed by atoms with Gasteiger partial charge >= 0.3 is 0 Å². The van der Waals surface area contributed by atoms with Crippen LogP contribution in [-0.4, -0.2) is 49.0 Å². The predicted octanol–water partition coefficient (Wildman–Crippen LogP) is 5.19. The Morgan fingerprint density at radius 3 is 2.42 bits per heavy atom. The van der Waals surface area contributed by atoms with Crippen molar-refractivity contribution >= 4 is 17.5 Å². The largest absolute Gasteiger partial charge is 0.497 e. The van der Waals surface area contributed by atoms with E-state index in [1.54, 1.807) is 7.11 Å². The fourth-order valence-electron chi connectivity index (χ4n) is 3.95. The molecule has 0 unspecified atom stereocenters. The zero-order valence-electron chi connectivity index (χ0n) is 19.1. The van der Waals surface area contributed by atoms with Gasteiger partial charge < -0.3 is 14.4 Å². The molecule has 1 heterocycles. The van der Waals surface area contributed by atoms with E-state index in [-0.39, 0.29) is 5.91 Å². The lowest BCUT2D eigenvalue weighted by Gasteiger charge is -2.34. The van der Waals surface area contributed by atoms with Crippen LogP contribution >= 0.6 is 11.6 Å². The van der Waals surface area contributed by atoms with Crippen molar-refractivity contribution < 1.29 is 14.3 Å². The highest BCUT2D eigenvalue weighted by molar-refractivity contribution is 6.32. The van der Waals surface area contributed by atoms with Crippen LogP contribution in [0.2, 0.25) is 5.02 Å². The summed E-state index contributed by atoms with van der Waals surface area (Å²) in [5.74, 6) is 1.62. The van der Waals surface area contributed by atoms with Crippen molar-refractivity contribution in [3.05, 3.63) is 94.0 Å². The maximum atomic E-state index is 13.0. The summed E-state index contributed by atoms with van der Waals surface area (Å²) in [6.45, 7) is 6.42. The van der Waals surface area contributed by atoms with Crippen molar-refractivity contribution in [1.82, 2.24) is 9.80 Å². The number of hydrogen-bond donors (Lipinski definition) is 0. The molecule has 0 aromatic heterocycles. The van der Waals surface area contributed by atoms with Crippen molar-refractivity contribution in [2.45, 2.75) is 20.1 Å². The second kappa shape index (κ2) is 10.7. The highest BCUT2D eigenvalue weighted by atomic mass is 35.5. The zero-order valence-corrected chi connectivity index (χ0v) is 19.8. The molecule has 0 bridgehead atoms. The number of ether oxygens (including phenoxy) is 2. The number of amides is 1. The molecule has 172 valence electrons. The first-order chi connectivity index (χ1) is 16.0. The van der Waals surface area contributed by atoms with E-state index in [2.05, 4.69) is 17.0 Å². The normalized spacial score (nSPS) is 14.2. The Kier molecular flexibility index (Phi) is 7.53. The Morgan fingerprint density at radius 1 is 0.939 bits per heavy atom. The molecule has 0 spiro atoms. The number of methoxy groups -OCH3 is 1. The minimum atomic E-state index is 0.0743. The minimum Gasteiger partial charge on any atom is -0.497 e. The van der Waals surface area contributed by atoms with E-state index in [1.165, 1.54) is 5.56 Å². The zero-order chi connectivity index (χ0) is 23.2. The second-order valence-electron chi connectivity index (χ2n) is 8.34. The van der Waals surface area contributed by atoms with E-state index in [0.29, 0.717) is 22.9 Å². The summed E-state index contributed by atoms with van der Waals surface area (Å²) < 4.78 is 11.2. The molecule has 1 aliphatic rings. The first kappa shape index (κ1) is 23.1. The van der Waals surface area contributed by atoms with Gasteiger partial charge in [-0.2, -0.15) is 0 Å². The third-order valence-electron chi connectivity index (χ3n) is 5.88. The molecule has 3 aromatic rings. The third-order valence-corrected chi connectivity index (χ3v) is 6.19. The van der Waals surface area contributed by atoms with Crippen molar-refractivity contribution in [2.24, 2.45) is 0 Å².